The highest BCUT2D eigenvalue weighted by Gasteiger charge is 2.36. The van der Waals surface area contributed by atoms with Gasteiger partial charge >= 0.3 is 0 Å². The summed E-state index contributed by atoms with van der Waals surface area (Å²) >= 11 is 1.58. The lowest BCUT2D eigenvalue weighted by Crippen LogP contribution is -2.48. The Balaban J connectivity index is 0.00000121. The van der Waals surface area contributed by atoms with Gasteiger partial charge in [0.25, 0.3) is 5.91 Å². The van der Waals surface area contributed by atoms with Crippen molar-refractivity contribution in [3.05, 3.63) is 52.0 Å². The number of aromatic nitrogens is 1. The lowest BCUT2D eigenvalue weighted by Gasteiger charge is -2.35. The molecule has 2 aliphatic heterocycles. The molecule has 0 spiro atoms. The van der Waals surface area contributed by atoms with Crippen molar-refractivity contribution in [2.75, 3.05) is 7.05 Å². The van der Waals surface area contributed by atoms with E-state index in [1.165, 1.54) is 18.4 Å². The van der Waals surface area contributed by atoms with Crippen molar-refractivity contribution < 1.29 is 4.79 Å². The van der Waals surface area contributed by atoms with Gasteiger partial charge in [0, 0.05) is 37.0 Å². The number of benzene rings is 1. The zero-order chi connectivity index (χ0) is 16.5. The number of fused-ring (bicyclic) bond motifs is 2. The zero-order valence-corrected chi connectivity index (χ0v) is 17.2. The highest BCUT2D eigenvalue weighted by Crippen LogP contribution is 2.30. The van der Waals surface area contributed by atoms with Crippen molar-refractivity contribution in [2.24, 2.45) is 0 Å². The molecule has 2 unspecified atom stereocenters. The third-order valence-electron chi connectivity index (χ3n) is 5.29. The van der Waals surface area contributed by atoms with Gasteiger partial charge in [-0.15, -0.1) is 36.2 Å². The molecule has 1 aromatic carbocycles. The third kappa shape index (κ3) is 4.58. The van der Waals surface area contributed by atoms with Crippen LogP contribution in [-0.4, -0.2) is 41.0 Å². The average molecular weight is 414 g/mol. The number of carbonyl (C=O) groups is 1. The minimum absolute atomic E-state index is 0. The second-order valence-electron chi connectivity index (χ2n) is 6.97. The Labute approximate surface area is 171 Å². The van der Waals surface area contributed by atoms with Crippen molar-refractivity contribution in [1.29, 1.82) is 0 Å². The van der Waals surface area contributed by atoms with E-state index in [4.69, 9.17) is 0 Å². The van der Waals surface area contributed by atoms with E-state index in [9.17, 15) is 4.79 Å². The van der Waals surface area contributed by atoms with Gasteiger partial charge in [0.05, 0.1) is 5.01 Å². The van der Waals surface area contributed by atoms with Gasteiger partial charge in [0.15, 0.2) is 0 Å². The Bertz CT molecular complexity index is 713. The van der Waals surface area contributed by atoms with Crippen LogP contribution in [0.4, 0.5) is 0 Å². The summed E-state index contributed by atoms with van der Waals surface area (Å²) in [5.74, 6) is 0.0665. The van der Waals surface area contributed by atoms with Gasteiger partial charge in [0.2, 0.25) is 0 Å². The minimum Gasteiger partial charge on any atom is -0.337 e. The smallest absolute Gasteiger partial charge is 0.273 e. The van der Waals surface area contributed by atoms with Crippen LogP contribution in [0.3, 0.4) is 0 Å². The summed E-state index contributed by atoms with van der Waals surface area (Å²) in [5, 5.41) is 6.55. The molecule has 142 valence electrons. The molecule has 3 heterocycles. The van der Waals surface area contributed by atoms with Gasteiger partial charge in [-0.25, -0.2) is 4.98 Å². The molecule has 1 N–H and O–H groups in total. The number of thiazole rings is 1. The summed E-state index contributed by atoms with van der Waals surface area (Å²) in [5.41, 5.74) is 1.83. The van der Waals surface area contributed by atoms with Crippen LogP contribution in [0.1, 0.15) is 46.7 Å². The Kier molecular flexibility index (Phi) is 7.47. The van der Waals surface area contributed by atoms with Gasteiger partial charge in [-0.1, -0.05) is 30.3 Å². The molecule has 2 atom stereocenters. The monoisotopic (exact) mass is 413 g/mol. The highest BCUT2D eigenvalue weighted by molar-refractivity contribution is 7.09. The maximum absolute atomic E-state index is 12.8. The number of nitrogens with zero attached hydrogens (tertiary/aromatic N) is 2. The lowest BCUT2D eigenvalue weighted by atomic mass is 9.98. The molecule has 7 heteroatoms. The molecule has 2 bridgehead atoms. The van der Waals surface area contributed by atoms with Crippen LogP contribution < -0.4 is 5.32 Å². The molecular formula is C19H25Cl2N3OS. The SMILES string of the molecule is CN(C(=O)c1csc(Cc2ccccc2)n1)C1CC2CCC(C1)N2.Cl.Cl. The first-order valence-electron chi connectivity index (χ1n) is 8.70. The molecule has 2 saturated heterocycles. The molecule has 2 fully saturated rings. The van der Waals surface area contributed by atoms with Gasteiger partial charge in [-0.3, -0.25) is 4.79 Å². The number of rotatable bonds is 4. The van der Waals surface area contributed by atoms with Crippen molar-refractivity contribution in [2.45, 2.75) is 50.2 Å². The largest absolute Gasteiger partial charge is 0.337 e. The standard InChI is InChI=1S/C19H23N3OS.2ClH/c1-22(16-10-14-7-8-15(11-16)20-14)19(23)17-12-24-18(21-17)9-13-5-3-2-4-6-13;;/h2-6,12,14-16,20H,7-11H2,1H3;2*1H. The Morgan fingerprint density at radius 3 is 2.50 bits per heavy atom. The van der Waals surface area contributed by atoms with Crippen LogP contribution in [0.15, 0.2) is 35.7 Å². The van der Waals surface area contributed by atoms with Gasteiger partial charge in [-0.05, 0) is 31.2 Å². The molecular weight excluding hydrogens is 389 g/mol. The van der Waals surface area contributed by atoms with Crippen molar-refractivity contribution >= 4 is 42.1 Å². The van der Waals surface area contributed by atoms with Crippen LogP contribution in [0.5, 0.6) is 0 Å². The molecule has 0 radical (unpaired) electrons. The predicted octanol–water partition coefficient (Wildman–Crippen LogP) is 3.93. The summed E-state index contributed by atoms with van der Waals surface area (Å²) in [6.45, 7) is 0. The fourth-order valence-electron chi connectivity index (χ4n) is 3.95. The Hall–Kier alpha value is -1.14. The number of hydrogen-bond donors (Lipinski definition) is 1. The van der Waals surface area contributed by atoms with E-state index in [0.717, 1.165) is 24.3 Å². The van der Waals surface area contributed by atoms with Crippen molar-refractivity contribution in [3.8, 4) is 0 Å². The van der Waals surface area contributed by atoms with E-state index in [2.05, 4.69) is 22.4 Å². The number of halogens is 2. The van der Waals surface area contributed by atoms with Crippen molar-refractivity contribution in [3.63, 3.8) is 0 Å². The van der Waals surface area contributed by atoms with E-state index in [1.807, 2.05) is 35.5 Å². The second kappa shape index (κ2) is 9.18. The summed E-state index contributed by atoms with van der Waals surface area (Å²) in [6.07, 6.45) is 5.43. The van der Waals surface area contributed by atoms with Crippen LogP contribution in [-0.2, 0) is 6.42 Å². The minimum atomic E-state index is 0. The molecule has 4 nitrogen and oxygen atoms in total. The lowest BCUT2D eigenvalue weighted by molar-refractivity contribution is 0.0676. The highest BCUT2D eigenvalue weighted by atomic mass is 35.5. The molecule has 0 saturated carbocycles. The molecule has 1 aromatic heterocycles. The van der Waals surface area contributed by atoms with E-state index in [0.29, 0.717) is 23.8 Å². The van der Waals surface area contributed by atoms with E-state index in [-0.39, 0.29) is 30.7 Å². The number of carbonyl (C=O) groups excluding carboxylic acids is 1. The van der Waals surface area contributed by atoms with Crippen LogP contribution in [0.25, 0.3) is 0 Å². The molecule has 2 aromatic rings. The van der Waals surface area contributed by atoms with E-state index in [1.54, 1.807) is 11.3 Å². The van der Waals surface area contributed by atoms with Crippen LogP contribution in [0.2, 0.25) is 0 Å². The summed E-state index contributed by atoms with van der Waals surface area (Å²) in [4.78, 5) is 19.3. The Morgan fingerprint density at radius 2 is 1.85 bits per heavy atom. The molecule has 1 amide bonds. The van der Waals surface area contributed by atoms with E-state index >= 15 is 0 Å². The third-order valence-corrected chi connectivity index (χ3v) is 6.13. The molecule has 26 heavy (non-hydrogen) atoms. The first-order chi connectivity index (χ1) is 11.7. The van der Waals surface area contributed by atoms with E-state index < -0.39 is 0 Å². The van der Waals surface area contributed by atoms with Crippen LogP contribution in [0, 0.1) is 0 Å². The summed E-state index contributed by atoms with van der Waals surface area (Å²) in [6, 6.07) is 11.8. The maximum Gasteiger partial charge on any atom is 0.273 e. The number of amides is 1. The van der Waals surface area contributed by atoms with Crippen LogP contribution >= 0.6 is 36.2 Å². The predicted molar refractivity (Wildman–Crippen MR) is 111 cm³/mol. The number of piperidine rings is 1. The van der Waals surface area contributed by atoms with Gasteiger partial charge < -0.3 is 10.2 Å². The average Bonchev–Trinajstić information content (AvgIpc) is 3.20. The second-order valence-corrected chi connectivity index (χ2v) is 7.91. The molecule has 0 aliphatic carbocycles. The topological polar surface area (TPSA) is 45.2 Å². The fourth-order valence-corrected chi connectivity index (χ4v) is 4.75. The Morgan fingerprint density at radius 1 is 1.19 bits per heavy atom. The first kappa shape index (κ1) is 21.2. The number of hydrogen-bond acceptors (Lipinski definition) is 4. The normalized spacial score (nSPS) is 23.7. The summed E-state index contributed by atoms with van der Waals surface area (Å²) < 4.78 is 0. The molecule has 4 rings (SSSR count). The van der Waals surface area contributed by atoms with Gasteiger partial charge in [-0.2, -0.15) is 0 Å². The quantitative estimate of drug-likeness (QED) is 0.825. The number of nitrogens with one attached hydrogen (secondary N) is 1. The summed E-state index contributed by atoms with van der Waals surface area (Å²) in [7, 11) is 1.94. The maximum atomic E-state index is 12.8. The van der Waals surface area contributed by atoms with Crippen molar-refractivity contribution in [1.82, 2.24) is 15.2 Å². The molecule has 2 aliphatic rings. The van der Waals surface area contributed by atoms with Gasteiger partial charge in [0.1, 0.15) is 5.69 Å². The zero-order valence-electron chi connectivity index (χ0n) is 14.8. The fraction of sp³-hybridized carbons (Fsp3) is 0.474. The first-order valence-corrected chi connectivity index (χ1v) is 9.58.